The highest BCUT2D eigenvalue weighted by molar-refractivity contribution is 5.99. The van der Waals surface area contributed by atoms with Gasteiger partial charge in [-0.25, -0.2) is 4.39 Å². The molecule has 0 bridgehead atoms. The average molecular weight is 573 g/mol. The number of rotatable bonds is 9. The highest BCUT2D eigenvalue weighted by Crippen LogP contribution is 2.38. The molecule has 8 nitrogen and oxygen atoms in total. The number of halogens is 1. The molecule has 1 saturated heterocycles. The lowest BCUT2D eigenvalue weighted by atomic mass is 9.77. The minimum Gasteiger partial charge on any atom is -0.385 e. The van der Waals surface area contributed by atoms with Gasteiger partial charge >= 0.3 is 0 Å². The molecule has 5 N–H and O–H groups in total. The zero-order chi connectivity index (χ0) is 29.7. The lowest BCUT2D eigenvalue weighted by Gasteiger charge is -2.38. The topological polar surface area (TPSA) is 125 Å². The van der Waals surface area contributed by atoms with Gasteiger partial charge in [0.1, 0.15) is 6.67 Å². The van der Waals surface area contributed by atoms with E-state index in [4.69, 9.17) is 5.73 Å². The molecule has 0 spiro atoms. The second-order valence-electron chi connectivity index (χ2n) is 11.3. The first-order valence-electron chi connectivity index (χ1n) is 14.4. The third kappa shape index (κ3) is 6.69. The Kier molecular flexibility index (Phi) is 8.99. The Morgan fingerprint density at radius 1 is 0.952 bits per heavy atom. The summed E-state index contributed by atoms with van der Waals surface area (Å²) in [5.41, 5.74) is 8.34. The summed E-state index contributed by atoms with van der Waals surface area (Å²) in [6.07, 6.45) is 3.68. The largest absolute Gasteiger partial charge is 0.385 e. The Morgan fingerprint density at radius 3 is 2.40 bits per heavy atom. The van der Waals surface area contributed by atoms with Crippen LogP contribution >= 0.6 is 0 Å². The van der Waals surface area contributed by atoms with Crippen molar-refractivity contribution in [2.24, 2.45) is 5.73 Å². The molecule has 1 aliphatic carbocycles. The predicted octanol–water partition coefficient (Wildman–Crippen LogP) is 3.67. The van der Waals surface area contributed by atoms with E-state index in [0.29, 0.717) is 42.6 Å². The monoisotopic (exact) mass is 572 g/mol. The van der Waals surface area contributed by atoms with Crippen LogP contribution in [0, 0.1) is 0 Å². The van der Waals surface area contributed by atoms with Gasteiger partial charge in [-0.1, -0.05) is 54.6 Å². The zero-order valence-corrected chi connectivity index (χ0v) is 23.5. The van der Waals surface area contributed by atoms with Crippen LogP contribution in [0.15, 0.2) is 72.8 Å². The van der Waals surface area contributed by atoms with Crippen molar-refractivity contribution in [2.75, 3.05) is 19.6 Å². The van der Waals surface area contributed by atoms with Gasteiger partial charge in [-0.15, -0.1) is 0 Å². The fraction of sp³-hybridized carbons (Fsp3) is 0.364. The molecule has 0 aromatic heterocycles. The van der Waals surface area contributed by atoms with E-state index in [2.05, 4.69) is 10.6 Å². The third-order valence-electron chi connectivity index (χ3n) is 8.49. The summed E-state index contributed by atoms with van der Waals surface area (Å²) in [6, 6.07) is 21.7. The van der Waals surface area contributed by atoms with Gasteiger partial charge in [-0.3, -0.25) is 14.4 Å². The van der Waals surface area contributed by atoms with Crippen LogP contribution in [-0.4, -0.2) is 59.4 Å². The van der Waals surface area contributed by atoms with Crippen molar-refractivity contribution in [2.45, 2.75) is 56.5 Å². The number of aliphatic hydroxyl groups is 1. The number of primary amides is 1. The van der Waals surface area contributed by atoms with Gasteiger partial charge in [-0.05, 0) is 72.6 Å². The Bertz CT molecular complexity index is 1440. The number of nitrogens with two attached hydrogens (primary N) is 1. The van der Waals surface area contributed by atoms with Crippen molar-refractivity contribution in [3.05, 3.63) is 95.1 Å². The number of benzene rings is 3. The molecule has 0 unspecified atom stereocenters. The molecule has 5 rings (SSSR count). The lowest BCUT2D eigenvalue weighted by molar-refractivity contribution is -0.129. The fourth-order valence-electron chi connectivity index (χ4n) is 6.08. The molecule has 1 aliphatic heterocycles. The quantitative estimate of drug-likeness (QED) is 0.312. The standard InChI is InChI=1S/C33H37FN4O4/c34-19-22-4-3-5-24(18-22)32(41)36-20-30(39)38-17-14-27(21-38)37-26-12-15-33(42,16-13-26)25-10-8-23(9-11-25)28-6-1-2-7-29(28)31(35)40/h1-11,18,26-27,37,42H,12-17,19-21H2,(H2,35,40)(H,36,41)/t26?,27-,33?/m0/s1. The van der Waals surface area contributed by atoms with Crippen LogP contribution in [0.2, 0.25) is 0 Å². The number of hydrogen-bond acceptors (Lipinski definition) is 5. The first kappa shape index (κ1) is 29.4. The van der Waals surface area contributed by atoms with E-state index in [1.807, 2.05) is 36.4 Å². The van der Waals surface area contributed by atoms with Crippen LogP contribution in [0.3, 0.4) is 0 Å². The van der Waals surface area contributed by atoms with Crippen LogP contribution in [0.1, 0.15) is 63.9 Å². The summed E-state index contributed by atoms with van der Waals surface area (Å²) >= 11 is 0. The normalized spacial score (nSPS) is 22.1. The molecule has 220 valence electrons. The van der Waals surface area contributed by atoms with Crippen LogP contribution in [0.5, 0.6) is 0 Å². The Labute approximate surface area is 245 Å². The molecular weight excluding hydrogens is 535 g/mol. The van der Waals surface area contributed by atoms with Gasteiger partial charge in [0.25, 0.3) is 5.91 Å². The van der Waals surface area contributed by atoms with Gasteiger partial charge < -0.3 is 26.4 Å². The number of hydrogen-bond donors (Lipinski definition) is 4. The second-order valence-corrected chi connectivity index (χ2v) is 11.3. The van der Waals surface area contributed by atoms with E-state index in [-0.39, 0.29) is 24.5 Å². The Balaban J connectivity index is 1.09. The molecule has 2 aliphatic rings. The molecular formula is C33H37FN4O4. The highest BCUT2D eigenvalue weighted by Gasteiger charge is 2.36. The maximum Gasteiger partial charge on any atom is 0.251 e. The maximum atomic E-state index is 12.9. The summed E-state index contributed by atoms with van der Waals surface area (Å²) in [7, 11) is 0. The molecule has 2 fully saturated rings. The SMILES string of the molecule is NC(=O)c1ccccc1-c1ccc(C2(O)CCC(N[C@H]3CCN(C(=O)CNC(=O)c4cccc(CF)c4)C3)CC2)cc1. The minimum atomic E-state index is -0.917. The molecule has 1 atom stereocenters. The van der Waals surface area contributed by atoms with Crippen molar-refractivity contribution in [3.63, 3.8) is 0 Å². The number of alkyl halides is 1. The van der Waals surface area contributed by atoms with Crippen molar-refractivity contribution < 1.29 is 23.9 Å². The van der Waals surface area contributed by atoms with Crippen LogP contribution in [0.4, 0.5) is 4.39 Å². The maximum absolute atomic E-state index is 12.9. The zero-order valence-electron chi connectivity index (χ0n) is 23.5. The van der Waals surface area contributed by atoms with E-state index < -0.39 is 24.1 Å². The summed E-state index contributed by atoms with van der Waals surface area (Å²) < 4.78 is 12.9. The lowest BCUT2D eigenvalue weighted by Crippen LogP contribution is -2.46. The van der Waals surface area contributed by atoms with E-state index in [0.717, 1.165) is 36.0 Å². The predicted molar refractivity (Wildman–Crippen MR) is 158 cm³/mol. The number of nitrogens with zero attached hydrogens (tertiary/aromatic N) is 1. The fourth-order valence-corrected chi connectivity index (χ4v) is 6.08. The average Bonchev–Trinajstić information content (AvgIpc) is 3.49. The van der Waals surface area contributed by atoms with Gasteiger partial charge in [-0.2, -0.15) is 0 Å². The number of likely N-dealkylation sites (tertiary alicyclic amines) is 1. The second kappa shape index (κ2) is 12.8. The summed E-state index contributed by atoms with van der Waals surface area (Å²) in [5.74, 6) is -1.01. The van der Waals surface area contributed by atoms with Crippen LogP contribution in [0.25, 0.3) is 11.1 Å². The number of amides is 3. The highest BCUT2D eigenvalue weighted by atomic mass is 19.1. The molecule has 3 aromatic carbocycles. The van der Waals surface area contributed by atoms with Crippen molar-refractivity contribution in [3.8, 4) is 11.1 Å². The summed E-state index contributed by atoms with van der Waals surface area (Å²) in [5, 5.41) is 17.8. The van der Waals surface area contributed by atoms with E-state index >= 15 is 0 Å². The minimum absolute atomic E-state index is 0.102. The van der Waals surface area contributed by atoms with Crippen LogP contribution < -0.4 is 16.4 Å². The molecule has 9 heteroatoms. The van der Waals surface area contributed by atoms with Crippen molar-refractivity contribution in [1.82, 2.24) is 15.5 Å². The van der Waals surface area contributed by atoms with E-state index in [9.17, 15) is 23.9 Å². The number of carbonyl (C=O) groups excluding carboxylic acids is 3. The van der Waals surface area contributed by atoms with Gasteiger partial charge in [0, 0.05) is 36.3 Å². The number of carbonyl (C=O) groups is 3. The Morgan fingerprint density at radius 2 is 1.69 bits per heavy atom. The Hall–Kier alpha value is -4.08. The van der Waals surface area contributed by atoms with Gasteiger partial charge in [0.05, 0.1) is 12.1 Å². The third-order valence-corrected chi connectivity index (χ3v) is 8.49. The van der Waals surface area contributed by atoms with E-state index in [1.54, 1.807) is 35.2 Å². The smallest absolute Gasteiger partial charge is 0.251 e. The molecule has 1 saturated carbocycles. The molecule has 3 amide bonds. The van der Waals surface area contributed by atoms with Crippen molar-refractivity contribution in [1.29, 1.82) is 0 Å². The van der Waals surface area contributed by atoms with Gasteiger partial charge in [0.15, 0.2) is 0 Å². The summed E-state index contributed by atoms with van der Waals surface area (Å²) in [4.78, 5) is 38.7. The first-order valence-corrected chi connectivity index (χ1v) is 14.4. The first-order chi connectivity index (χ1) is 20.3. The molecule has 3 aromatic rings. The molecule has 0 radical (unpaired) electrons. The van der Waals surface area contributed by atoms with Crippen LogP contribution in [-0.2, 0) is 17.1 Å². The number of nitrogens with one attached hydrogen (secondary N) is 2. The summed E-state index contributed by atoms with van der Waals surface area (Å²) in [6.45, 7) is 0.437. The van der Waals surface area contributed by atoms with E-state index in [1.165, 1.54) is 6.07 Å². The molecule has 1 heterocycles. The van der Waals surface area contributed by atoms with Crippen molar-refractivity contribution >= 4 is 17.7 Å². The van der Waals surface area contributed by atoms with Gasteiger partial charge in [0.2, 0.25) is 11.8 Å². The molecule has 42 heavy (non-hydrogen) atoms.